The van der Waals surface area contributed by atoms with E-state index < -0.39 is 0 Å². The number of thiophene rings is 1. The lowest BCUT2D eigenvalue weighted by Crippen LogP contribution is -1.80. The molecular formula is C15H12N2OS. The summed E-state index contributed by atoms with van der Waals surface area (Å²) in [5, 5.41) is 11.0. The lowest BCUT2D eigenvalue weighted by molar-refractivity contribution is 0.483. The Bertz CT molecular complexity index is 762. The van der Waals surface area contributed by atoms with Gasteiger partial charge in [-0.25, -0.2) is 9.98 Å². The molecule has 0 atom stereocenters. The van der Waals surface area contributed by atoms with Crippen LogP contribution < -0.4 is 0 Å². The van der Waals surface area contributed by atoms with Crippen molar-refractivity contribution in [3.63, 3.8) is 0 Å². The Morgan fingerprint density at radius 3 is 2.79 bits per heavy atom. The predicted molar refractivity (Wildman–Crippen MR) is 79.7 cm³/mol. The van der Waals surface area contributed by atoms with E-state index in [1.165, 1.54) is 11.3 Å². The summed E-state index contributed by atoms with van der Waals surface area (Å²) in [6.07, 6.45) is 1.67. The highest BCUT2D eigenvalue weighted by molar-refractivity contribution is 7.21. The number of nitrogens with zero attached hydrogens (tertiary/aromatic N) is 2. The van der Waals surface area contributed by atoms with E-state index in [1.54, 1.807) is 6.21 Å². The number of benzene rings is 1. The topological polar surface area (TPSA) is 45.5 Å². The molecule has 0 saturated heterocycles. The van der Waals surface area contributed by atoms with Crippen molar-refractivity contribution in [1.82, 2.24) is 4.98 Å². The first-order valence-corrected chi connectivity index (χ1v) is 6.74. The third-order valence-electron chi connectivity index (χ3n) is 2.78. The van der Waals surface area contributed by atoms with Crippen molar-refractivity contribution >= 4 is 33.5 Å². The molecule has 3 aromatic rings. The smallest absolute Gasteiger partial charge is 0.152 e. The summed E-state index contributed by atoms with van der Waals surface area (Å²) in [6, 6.07) is 13.5. The summed E-state index contributed by atoms with van der Waals surface area (Å²) < 4.78 is 1.05. The highest BCUT2D eigenvalue weighted by Crippen LogP contribution is 2.35. The molecule has 1 aromatic carbocycles. The van der Waals surface area contributed by atoms with E-state index in [2.05, 4.69) is 9.98 Å². The molecule has 0 amide bonds. The zero-order valence-electron chi connectivity index (χ0n) is 10.4. The highest BCUT2D eigenvalue weighted by atomic mass is 32.1. The van der Waals surface area contributed by atoms with Gasteiger partial charge in [0.1, 0.15) is 5.75 Å². The van der Waals surface area contributed by atoms with Gasteiger partial charge in [-0.15, -0.1) is 11.3 Å². The number of pyridine rings is 1. The van der Waals surface area contributed by atoms with Crippen LogP contribution in [0.4, 0.5) is 5.82 Å². The van der Waals surface area contributed by atoms with Crippen LogP contribution in [0.1, 0.15) is 10.6 Å². The van der Waals surface area contributed by atoms with E-state index in [0.29, 0.717) is 5.82 Å². The van der Waals surface area contributed by atoms with E-state index in [0.717, 1.165) is 20.7 Å². The molecule has 4 heteroatoms. The van der Waals surface area contributed by atoms with Gasteiger partial charge in [0.2, 0.25) is 0 Å². The van der Waals surface area contributed by atoms with Gasteiger partial charge < -0.3 is 5.11 Å². The Morgan fingerprint density at radius 2 is 2.00 bits per heavy atom. The molecule has 0 unspecified atom stereocenters. The first-order chi connectivity index (χ1) is 9.24. The molecule has 0 aliphatic heterocycles. The third kappa shape index (κ3) is 2.35. The van der Waals surface area contributed by atoms with Crippen LogP contribution in [0.2, 0.25) is 0 Å². The molecule has 3 nitrogen and oxygen atoms in total. The Morgan fingerprint density at radius 1 is 1.16 bits per heavy atom. The summed E-state index contributed by atoms with van der Waals surface area (Å²) >= 11 is 1.52. The van der Waals surface area contributed by atoms with Crippen molar-refractivity contribution in [2.45, 2.75) is 6.92 Å². The second-order valence-corrected chi connectivity index (χ2v) is 5.29. The van der Waals surface area contributed by atoms with Gasteiger partial charge in [-0.3, -0.25) is 0 Å². The Hall–Kier alpha value is -2.20. The molecule has 0 aliphatic rings. The van der Waals surface area contributed by atoms with Crippen LogP contribution in [0.25, 0.3) is 10.1 Å². The monoisotopic (exact) mass is 268 g/mol. The van der Waals surface area contributed by atoms with E-state index in [-0.39, 0.29) is 5.75 Å². The molecule has 94 valence electrons. The number of aromatic nitrogens is 1. The van der Waals surface area contributed by atoms with Crippen LogP contribution in [0.15, 0.2) is 47.5 Å². The van der Waals surface area contributed by atoms with Crippen molar-refractivity contribution in [3.8, 4) is 5.75 Å². The van der Waals surface area contributed by atoms with Gasteiger partial charge in [-0.2, -0.15) is 0 Å². The number of hydrogen-bond acceptors (Lipinski definition) is 4. The fourth-order valence-corrected chi connectivity index (χ4v) is 2.83. The first-order valence-electron chi connectivity index (χ1n) is 5.92. The zero-order valence-corrected chi connectivity index (χ0v) is 11.2. The van der Waals surface area contributed by atoms with Crippen molar-refractivity contribution in [3.05, 3.63) is 53.0 Å². The molecule has 1 N–H and O–H groups in total. The lowest BCUT2D eigenvalue weighted by Gasteiger charge is -1.94. The maximum absolute atomic E-state index is 10.1. The number of hydrogen-bond donors (Lipinski definition) is 1. The second kappa shape index (κ2) is 4.82. The van der Waals surface area contributed by atoms with Crippen LogP contribution >= 0.6 is 11.3 Å². The number of aryl methyl sites for hydroxylation is 1. The molecule has 19 heavy (non-hydrogen) atoms. The SMILES string of the molecule is Cc1cccc(/N=C/c2sc3ccccc3c2O)n1. The minimum atomic E-state index is 0.289. The summed E-state index contributed by atoms with van der Waals surface area (Å²) in [5.74, 6) is 0.939. The molecule has 0 fully saturated rings. The van der Waals surface area contributed by atoms with Crippen LogP contribution in [0, 0.1) is 6.92 Å². The van der Waals surface area contributed by atoms with Gasteiger partial charge in [0, 0.05) is 15.8 Å². The molecule has 3 rings (SSSR count). The second-order valence-electron chi connectivity index (χ2n) is 4.21. The standard InChI is InChI=1S/C15H12N2OS/c1-10-5-4-8-14(17-10)16-9-13-15(18)11-6-2-3-7-12(11)19-13/h2-9,18H,1H3/b16-9+. The largest absolute Gasteiger partial charge is 0.506 e. The number of aliphatic imine (C=N–C) groups is 1. The predicted octanol–water partition coefficient (Wildman–Crippen LogP) is 4.06. The summed E-state index contributed by atoms with van der Waals surface area (Å²) in [7, 11) is 0. The Balaban J connectivity index is 1.99. The quantitative estimate of drug-likeness (QED) is 0.712. The molecule has 0 spiro atoms. The minimum absolute atomic E-state index is 0.289. The molecular weight excluding hydrogens is 256 g/mol. The highest BCUT2D eigenvalue weighted by Gasteiger charge is 2.08. The molecule has 0 bridgehead atoms. The average molecular weight is 268 g/mol. The Labute approximate surface area is 114 Å². The van der Waals surface area contributed by atoms with E-state index in [1.807, 2.05) is 49.4 Å². The summed E-state index contributed by atoms with van der Waals surface area (Å²) in [5.41, 5.74) is 0.926. The average Bonchev–Trinajstić information content (AvgIpc) is 2.74. The minimum Gasteiger partial charge on any atom is -0.506 e. The summed E-state index contributed by atoms with van der Waals surface area (Å²) in [6.45, 7) is 1.93. The van der Waals surface area contributed by atoms with Gasteiger partial charge in [0.15, 0.2) is 5.82 Å². The number of aromatic hydroxyl groups is 1. The number of fused-ring (bicyclic) bond motifs is 1. The van der Waals surface area contributed by atoms with Crippen LogP contribution in [-0.2, 0) is 0 Å². The summed E-state index contributed by atoms with van der Waals surface area (Å²) in [4.78, 5) is 9.36. The molecule has 0 radical (unpaired) electrons. The fourth-order valence-electron chi connectivity index (χ4n) is 1.86. The third-order valence-corrected chi connectivity index (χ3v) is 3.88. The van der Waals surface area contributed by atoms with E-state index >= 15 is 0 Å². The van der Waals surface area contributed by atoms with Crippen molar-refractivity contribution in [1.29, 1.82) is 0 Å². The van der Waals surface area contributed by atoms with Gasteiger partial charge in [-0.1, -0.05) is 18.2 Å². The number of rotatable bonds is 2. The van der Waals surface area contributed by atoms with Gasteiger partial charge in [-0.05, 0) is 31.2 Å². The first kappa shape index (κ1) is 11.9. The molecule has 2 aromatic heterocycles. The van der Waals surface area contributed by atoms with Crippen LogP contribution in [0.3, 0.4) is 0 Å². The fraction of sp³-hybridized carbons (Fsp3) is 0.0667. The van der Waals surface area contributed by atoms with Crippen LogP contribution in [-0.4, -0.2) is 16.3 Å². The van der Waals surface area contributed by atoms with Gasteiger partial charge in [0.05, 0.1) is 11.1 Å². The van der Waals surface area contributed by atoms with Gasteiger partial charge in [0.25, 0.3) is 0 Å². The normalized spacial score (nSPS) is 11.4. The van der Waals surface area contributed by atoms with E-state index in [9.17, 15) is 5.11 Å². The molecule has 0 aliphatic carbocycles. The van der Waals surface area contributed by atoms with Crippen LogP contribution in [0.5, 0.6) is 5.75 Å². The van der Waals surface area contributed by atoms with E-state index in [4.69, 9.17) is 0 Å². The maximum Gasteiger partial charge on any atom is 0.152 e. The van der Waals surface area contributed by atoms with Crippen molar-refractivity contribution < 1.29 is 5.11 Å². The lowest BCUT2D eigenvalue weighted by atomic mass is 10.2. The van der Waals surface area contributed by atoms with Crippen molar-refractivity contribution in [2.24, 2.45) is 4.99 Å². The zero-order chi connectivity index (χ0) is 13.2. The van der Waals surface area contributed by atoms with Gasteiger partial charge >= 0.3 is 0 Å². The maximum atomic E-state index is 10.1. The molecule has 0 saturated carbocycles. The Kier molecular flexibility index (Phi) is 3.01. The molecule has 2 heterocycles. The van der Waals surface area contributed by atoms with Crippen molar-refractivity contribution in [2.75, 3.05) is 0 Å².